The number of hydrogen-bond donors (Lipinski definition) is 1. The van der Waals surface area contributed by atoms with Crippen LogP contribution >= 0.6 is 0 Å². The van der Waals surface area contributed by atoms with Crippen molar-refractivity contribution in [2.75, 3.05) is 0 Å². The van der Waals surface area contributed by atoms with Crippen molar-refractivity contribution in [2.45, 2.75) is 50.4 Å². The van der Waals surface area contributed by atoms with E-state index >= 15 is 0 Å². The average molecular weight is 355 g/mol. The number of halogens is 1. The molecule has 1 N–H and O–H groups in total. The standard InChI is InChI=1S/C20H22FN3O2/c21-18-6-2-1-5-14(18)13-23-20(25)24-15-8-9-16(24)12-17(11-15)26-19-7-3-4-10-22-19/h1-7,10,15-17H,8-9,11-13H2,(H,23,25). The van der Waals surface area contributed by atoms with Gasteiger partial charge in [0.1, 0.15) is 11.9 Å². The molecule has 0 aliphatic carbocycles. The van der Waals surface area contributed by atoms with Gasteiger partial charge in [-0.3, -0.25) is 0 Å². The Morgan fingerprint density at radius 2 is 1.88 bits per heavy atom. The Morgan fingerprint density at radius 3 is 2.58 bits per heavy atom. The van der Waals surface area contributed by atoms with Crippen LogP contribution in [0.3, 0.4) is 0 Å². The van der Waals surface area contributed by atoms with Gasteiger partial charge in [0.15, 0.2) is 0 Å². The molecule has 136 valence electrons. The van der Waals surface area contributed by atoms with Gasteiger partial charge in [0.2, 0.25) is 5.88 Å². The number of nitrogens with zero attached hydrogens (tertiary/aromatic N) is 2. The van der Waals surface area contributed by atoms with Crippen LogP contribution in [0.2, 0.25) is 0 Å². The lowest BCUT2D eigenvalue weighted by Crippen LogP contribution is -2.52. The lowest BCUT2D eigenvalue weighted by atomic mass is 10.00. The summed E-state index contributed by atoms with van der Waals surface area (Å²) in [5.74, 6) is 0.340. The van der Waals surface area contributed by atoms with Gasteiger partial charge in [0.25, 0.3) is 0 Å². The number of rotatable bonds is 4. The van der Waals surface area contributed by atoms with Gasteiger partial charge in [-0.15, -0.1) is 0 Å². The van der Waals surface area contributed by atoms with E-state index in [9.17, 15) is 9.18 Å². The first-order chi connectivity index (χ1) is 12.7. The quantitative estimate of drug-likeness (QED) is 0.913. The predicted molar refractivity (Wildman–Crippen MR) is 95.2 cm³/mol. The van der Waals surface area contributed by atoms with E-state index in [1.54, 1.807) is 24.4 Å². The normalized spacial score (nSPS) is 24.3. The van der Waals surface area contributed by atoms with Crippen LogP contribution in [0.4, 0.5) is 9.18 Å². The number of benzene rings is 1. The molecule has 26 heavy (non-hydrogen) atoms. The van der Waals surface area contributed by atoms with Crippen LogP contribution in [0.5, 0.6) is 5.88 Å². The third-order valence-electron chi connectivity index (χ3n) is 5.24. The number of amides is 2. The van der Waals surface area contributed by atoms with Crippen molar-refractivity contribution >= 4 is 6.03 Å². The van der Waals surface area contributed by atoms with E-state index in [0.29, 0.717) is 11.4 Å². The summed E-state index contributed by atoms with van der Waals surface area (Å²) in [6, 6.07) is 12.4. The van der Waals surface area contributed by atoms with Crippen molar-refractivity contribution in [1.29, 1.82) is 0 Å². The molecule has 2 atom stereocenters. The average Bonchev–Trinajstić information content (AvgIpc) is 2.93. The zero-order chi connectivity index (χ0) is 17.9. The maximum atomic E-state index is 13.7. The first-order valence-electron chi connectivity index (χ1n) is 9.08. The summed E-state index contributed by atoms with van der Waals surface area (Å²) in [5.41, 5.74) is 0.501. The number of piperidine rings is 1. The van der Waals surface area contributed by atoms with Crippen molar-refractivity contribution in [3.05, 3.63) is 60.0 Å². The topological polar surface area (TPSA) is 54.5 Å². The Morgan fingerprint density at radius 1 is 1.15 bits per heavy atom. The molecule has 1 aromatic carbocycles. The molecule has 4 rings (SSSR count). The third-order valence-corrected chi connectivity index (χ3v) is 5.24. The van der Waals surface area contributed by atoms with Gasteiger partial charge in [0, 0.05) is 49.3 Å². The predicted octanol–water partition coefficient (Wildman–Crippen LogP) is 3.50. The highest BCUT2D eigenvalue weighted by molar-refractivity contribution is 5.75. The van der Waals surface area contributed by atoms with Gasteiger partial charge >= 0.3 is 6.03 Å². The second kappa shape index (κ2) is 7.32. The maximum absolute atomic E-state index is 13.7. The lowest BCUT2D eigenvalue weighted by Gasteiger charge is -2.38. The molecule has 3 heterocycles. The molecule has 2 aromatic rings. The maximum Gasteiger partial charge on any atom is 0.318 e. The number of hydrogen-bond acceptors (Lipinski definition) is 3. The Bertz CT molecular complexity index is 757. The molecule has 2 aliphatic heterocycles. The number of aromatic nitrogens is 1. The first-order valence-corrected chi connectivity index (χ1v) is 9.08. The fourth-order valence-corrected chi connectivity index (χ4v) is 4.05. The fourth-order valence-electron chi connectivity index (χ4n) is 4.05. The second-order valence-corrected chi connectivity index (χ2v) is 6.92. The molecular formula is C20H22FN3O2. The van der Waals surface area contributed by atoms with E-state index < -0.39 is 0 Å². The Kier molecular flexibility index (Phi) is 4.73. The number of fused-ring (bicyclic) bond motifs is 2. The molecule has 2 unspecified atom stereocenters. The molecule has 2 saturated heterocycles. The molecule has 2 aliphatic rings. The van der Waals surface area contributed by atoms with E-state index in [-0.39, 0.29) is 36.6 Å². The highest BCUT2D eigenvalue weighted by atomic mass is 19.1. The van der Waals surface area contributed by atoms with Crippen LogP contribution in [0, 0.1) is 5.82 Å². The summed E-state index contributed by atoms with van der Waals surface area (Å²) in [4.78, 5) is 18.8. The summed E-state index contributed by atoms with van der Waals surface area (Å²) >= 11 is 0. The summed E-state index contributed by atoms with van der Waals surface area (Å²) < 4.78 is 19.7. The molecule has 5 nitrogen and oxygen atoms in total. The minimum absolute atomic E-state index is 0.0815. The molecule has 0 saturated carbocycles. The third kappa shape index (κ3) is 3.49. The van der Waals surface area contributed by atoms with Gasteiger partial charge in [-0.2, -0.15) is 0 Å². The molecule has 2 bridgehead atoms. The number of nitrogens with one attached hydrogen (secondary N) is 1. The minimum Gasteiger partial charge on any atom is -0.474 e. The van der Waals surface area contributed by atoms with Crippen molar-refractivity contribution in [3.8, 4) is 5.88 Å². The molecular weight excluding hydrogens is 333 g/mol. The van der Waals surface area contributed by atoms with E-state index in [4.69, 9.17) is 4.74 Å². The van der Waals surface area contributed by atoms with Crippen LogP contribution in [0.15, 0.2) is 48.7 Å². The number of carbonyl (C=O) groups is 1. The van der Waals surface area contributed by atoms with Crippen LogP contribution in [0.1, 0.15) is 31.2 Å². The monoisotopic (exact) mass is 355 g/mol. The number of urea groups is 1. The molecule has 0 spiro atoms. The summed E-state index contributed by atoms with van der Waals surface area (Å²) in [6.45, 7) is 0.204. The molecule has 2 fully saturated rings. The second-order valence-electron chi connectivity index (χ2n) is 6.92. The van der Waals surface area contributed by atoms with Gasteiger partial charge in [-0.1, -0.05) is 24.3 Å². The highest BCUT2D eigenvalue weighted by Gasteiger charge is 2.44. The van der Waals surface area contributed by atoms with E-state index in [0.717, 1.165) is 25.7 Å². The SMILES string of the molecule is O=C(NCc1ccccc1F)N1C2CCC1CC(Oc1ccccn1)C2. The smallest absolute Gasteiger partial charge is 0.318 e. The van der Waals surface area contributed by atoms with Crippen LogP contribution < -0.4 is 10.1 Å². The van der Waals surface area contributed by atoms with Crippen molar-refractivity contribution < 1.29 is 13.9 Å². The molecule has 6 heteroatoms. The van der Waals surface area contributed by atoms with Crippen LogP contribution in [-0.4, -0.2) is 34.1 Å². The van der Waals surface area contributed by atoms with Gasteiger partial charge < -0.3 is 15.0 Å². The summed E-state index contributed by atoms with van der Waals surface area (Å²) in [6.07, 6.45) is 5.38. The zero-order valence-corrected chi connectivity index (χ0v) is 14.5. The van der Waals surface area contributed by atoms with E-state index in [1.807, 2.05) is 23.1 Å². The molecule has 0 radical (unpaired) electrons. The van der Waals surface area contributed by atoms with Gasteiger partial charge in [0.05, 0.1) is 0 Å². The van der Waals surface area contributed by atoms with Crippen molar-refractivity contribution in [3.63, 3.8) is 0 Å². The zero-order valence-electron chi connectivity index (χ0n) is 14.5. The number of ether oxygens (including phenoxy) is 1. The summed E-state index contributed by atoms with van der Waals surface area (Å²) in [7, 11) is 0. The fraction of sp³-hybridized carbons (Fsp3) is 0.400. The number of pyridine rings is 1. The van der Waals surface area contributed by atoms with Crippen molar-refractivity contribution in [1.82, 2.24) is 15.2 Å². The van der Waals surface area contributed by atoms with E-state index in [2.05, 4.69) is 10.3 Å². The van der Waals surface area contributed by atoms with Crippen LogP contribution in [0.25, 0.3) is 0 Å². The highest BCUT2D eigenvalue weighted by Crippen LogP contribution is 2.37. The lowest BCUT2D eigenvalue weighted by molar-refractivity contribution is 0.0660. The first kappa shape index (κ1) is 16.8. The Labute approximate surface area is 152 Å². The minimum atomic E-state index is -0.293. The molecule has 2 amide bonds. The van der Waals surface area contributed by atoms with E-state index in [1.165, 1.54) is 6.07 Å². The Hall–Kier alpha value is -2.63. The van der Waals surface area contributed by atoms with Crippen molar-refractivity contribution in [2.24, 2.45) is 0 Å². The summed E-state index contributed by atoms with van der Waals surface area (Å²) in [5, 5.41) is 2.87. The van der Waals surface area contributed by atoms with Gasteiger partial charge in [-0.05, 0) is 25.0 Å². The van der Waals surface area contributed by atoms with Gasteiger partial charge in [-0.25, -0.2) is 14.2 Å². The van der Waals surface area contributed by atoms with Crippen LogP contribution in [-0.2, 0) is 6.54 Å². The molecule has 1 aromatic heterocycles. The largest absolute Gasteiger partial charge is 0.474 e. The number of carbonyl (C=O) groups excluding carboxylic acids is 1. The Balaban J connectivity index is 1.35.